The fraction of sp³-hybridized carbons (Fsp3) is 0.571. The third-order valence-corrected chi connectivity index (χ3v) is 5.58. The van der Waals surface area contributed by atoms with Crippen molar-refractivity contribution < 1.29 is 14.4 Å². The highest BCUT2D eigenvalue weighted by molar-refractivity contribution is 6.21. The summed E-state index contributed by atoms with van der Waals surface area (Å²) in [7, 11) is 0. The van der Waals surface area contributed by atoms with Crippen molar-refractivity contribution in [2.24, 2.45) is 5.92 Å². The lowest BCUT2D eigenvalue weighted by atomic mass is 9.99. The Morgan fingerprint density at radius 3 is 2.19 bits per heavy atom. The first-order valence-electron chi connectivity index (χ1n) is 9.95. The van der Waals surface area contributed by atoms with Gasteiger partial charge in [-0.2, -0.15) is 0 Å². The van der Waals surface area contributed by atoms with E-state index in [4.69, 9.17) is 0 Å². The van der Waals surface area contributed by atoms with E-state index in [1.165, 1.54) is 24.2 Å². The van der Waals surface area contributed by atoms with Gasteiger partial charge in [-0.05, 0) is 44.0 Å². The number of piperidine rings is 1. The predicted octanol–water partition coefficient (Wildman–Crippen LogP) is 2.30. The number of likely N-dealkylation sites (tertiary alicyclic amines) is 1. The molecule has 1 aromatic rings. The summed E-state index contributed by atoms with van der Waals surface area (Å²) in [6, 6.07) is 7.12. The maximum atomic E-state index is 12.3. The van der Waals surface area contributed by atoms with Gasteiger partial charge in [-0.3, -0.25) is 24.2 Å². The van der Waals surface area contributed by atoms with Gasteiger partial charge >= 0.3 is 0 Å². The average Bonchev–Trinajstić information content (AvgIpc) is 2.91. The van der Waals surface area contributed by atoms with Crippen LogP contribution in [0.2, 0.25) is 0 Å². The molecule has 0 aliphatic carbocycles. The highest BCUT2D eigenvalue weighted by Crippen LogP contribution is 2.22. The van der Waals surface area contributed by atoms with Gasteiger partial charge in [0.1, 0.15) is 0 Å². The van der Waals surface area contributed by atoms with Crippen LogP contribution in [0.3, 0.4) is 0 Å². The van der Waals surface area contributed by atoms with Crippen molar-refractivity contribution >= 4 is 17.7 Å². The van der Waals surface area contributed by atoms with Gasteiger partial charge in [-0.25, -0.2) is 0 Å². The number of amides is 3. The Hall–Kier alpha value is -2.21. The highest BCUT2D eigenvalue weighted by Gasteiger charge is 2.35. The molecule has 1 atom stereocenters. The largest absolute Gasteiger partial charge is 0.354 e. The summed E-state index contributed by atoms with van der Waals surface area (Å²) in [4.78, 5) is 40.7. The third-order valence-electron chi connectivity index (χ3n) is 5.58. The molecule has 0 saturated carbocycles. The molecule has 0 radical (unpaired) electrons. The number of benzene rings is 1. The van der Waals surface area contributed by atoms with Crippen LogP contribution in [0.1, 0.15) is 60.2 Å². The second-order valence-electron chi connectivity index (χ2n) is 7.77. The van der Waals surface area contributed by atoms with Gasteiger partial charge in [0.15, 0.2) is 0 Å². The molecule has 1 N–H and O–H groups in total. The molecule has 2 aliphatic rings. The number of carbonyl (C=O) groups is 3. The van der Waals surface area contributed by atoms with Crippen molar-refractivity contribution in [3.05, 3.63) is 35.4 Å². The minimum absolute atomic E-state index is 0.116. The van der Waals surface area contributed by atoms with E-state index >= 15 is 0 Å². The van der Waals surface area contributed by atoms with Crippen LogP contribution < -0.4 is 5.32 Å². The van der Waals surface area contributed by atoms with Gasteiger partial charge in [-0.1, -0.05) is 32.4 Å². The molecule has 2 aliphatic heterocycles. The first-order chi connectivity index (χ1) is 13.0. The molecule has 1 unspecified atom stereocenters. The molecular weight excluding hydrogens is 342 g/mol. The summed E-state index contributed by atoms with van der Waals surface area (Å²) in [5.74, 6) is -0.276. The van der Waals surface area contributed by atoms with Crippen molar-refractivity contribution in [1.29, 1.82) is 0 Å². The topological polar surface area (TPSA) is 69.7 Å². The second kappa shape index (κ2) is 8.65. The van der Waals surface area contributed by atoms with E-state index < -0.39 is 0 Å². The maximum absolute atomic E-state index is 12.3. The highest BCUT2D eigenvalue weighted by atomic mass is 16.2. The van der Waals surface area contributed by atoms with E-state index in [1.54, 1.807) is 24.3 Å². The lowest BCUT2D eigenvalue weighted by molar-refractivity contribution is -0.121. The minimum Gasteiger partial charge on any atom is -0.354 e. The number of rotatable bonds is 7. The molecule has 0 aromatic heterocycles. The van der Waals surface area contributed by atoms with Crippen LogP contribution in [0.15, 0.2) is 24.3 Å². The molecule has 27 heavy (non-hydrogen) atoms. The molecule has 6 nitrogen and oxygen atoms in total. The Bertz CT molecular complexity index is 675. The average molecular weight is 371 g/mol. The first kappa shape index (κ1) is 19.5. The van der Waals surface area contributed by atoms with E-state index in [-0.39, 0.29) is 30.7 Å². The summed E-state index contributed by atoms with van der Waals surface area (Å²) in [6.07, 6.45) is 3.86. The van der Waals surface area contributed by atoms with Crippen LogP contribution in [-0.4, -0.2) is 59.7 Å². The maximum Gasteiger partial charge on any atom is 0.261 e. The van der Waals surface area contributed by atoms with Crippen LogP contribution in [0.5, 0.6) is 0 Å². The Balaban J connectivity index is 1.50. The van der Waals surface area contributed by atoms with E-state index in [1.807, 2.05) is 0 Å². The monoisotopic (exact) mass is 371 g/mol. The Labute approximate surface area is 160 Å². The zero-order chi connectivity index (χ0) is 19.4. The van der Waals surface area contributed by atoms with E-state index in [9.17, 15) is 14.4 Å². The molecule has 146 valence electrons. The molecule has 6 heteroatoms. The Kier molecular flexibility index (Phi) is 6.26. The summed E-state index contributed by atoms with van der Waals surface area (Å²) in [5, 5.41) is 3.01. The number of nitrogens with zero attached hydrogens (tertiary/aromatic N) is 2. The van der Waals surface area contributed by atoms with Gasteiger partial charge in [0.05, 0.1) is 11.1 Å². The van der Waals surface area contributed by atoms with Crippen molar-refractivity contribution in [2.75, 3.05) is 26.2 Å². The fourth-order valence-corrected chi connectivity index (χ4v) is 4.00. The first-order valence-corrected chi connectivity index (χ1v) is 9.95. The van der Waals surface area contributed by atoms with E-state index in [0.29, 0.717) is 29.6 Å². The van der Waals surface area contributed by atoms with E-state index in [2.05, 4.69) is 24.1 Å². The summed E-state index contributed by atoms with van der Waals surface area (Å²) in [5.41, 5.74) is 0.848. The number of hydrogen-bond donors (Lipinski definition) is 1. The van der Waals surface area contributed by atoms with Crippen LogP contribution >= 0.6 is 0 Å². The van der Waals surface area contributed by atoms with Gasteiger partial charge in [0.2, 0.25) is 5.91 Å². The van der Waals surface area contributed by atoms with Crippen molar-refractivity contribution in [3.8, 4) is 0 Å². The molecule has 0 spiro atoms. The lowest BCUT2D eigenvalue weighted by Gasteiger charge is -2.37. The van der Waals surface area contributed by atoms with Gasteiger partial charge in [0.25, 0.3) is 11.8 Å². The summed E-state index contributed by atoms with van der Waals surface area (Å²) >= 11 is 0. The molecular formula is C21H29N3O3. The quantitative estimate of drug-likeness (QED) is 0.747. The molecule has 1 aromatic carbocycles. The standard InChI is InChI=1S/C21H29N3O3/c1-15(2)18(23-11-6-3-7-12-23)14-22-19(25)10-13-24-20(26)16-8-4-5-9-17(16)21(24)27/h4-5,8-9,15,18H,3,6-7,10-14H2,1-2H3,(H,22,25). The van der Waals surface area contributed by atoms with Crippen molar-refractivity contribution in [2.45, 2.75) is 45.6 Å². The normalized spacial score (nSPS) is 18.7. The Morgan fingerprint density at radius 2 is 1.63 bits per heavy atom. The molecule has 2 heterocycles. The smallest absolute Gasteiger partial charge is 0.261 e. The summed E-state index contributed by atoms with van der Waals surface area (Å²) < 4.78 is 0. The molecule has 1 saturated heterocycles. The van der Waals surface area contributed by atoms with Crippen LogP contribution in [0.25, 0.3) is 0 Å². The Morgan fingerprint density at radius 1 is 1.04 bits per heavy atom. The molecule has 3 rings (SSSR count). The zero-order valence-electron chi connectivity index (χ0n) is 16.2. The van der Waals surface area contributed by atoms with E-state index in [0.717, 1.165) is 13.1 Å². The zero-order valence-corrected chi connectivity index (χ0v) is 16.2. The summed E-state index contributed by atoms with van der Waals surface area (Å²) in [6.45, 7) is 7.28. The third kappa shape index (κ3) is 4.38. The number of hydrogen-bond acceptors (Lipinski definition) is 4. The number of carbonyl (C=O) groups excluding carboxylic acids is 3. The number of nitrogens with one attached hydrogen (secondary N) is 1. The van der Waals surface area contributed by atoms with Crippen LogP contribution in [0, 0.1) is 5.92 Å². The predicted molar refractivity (Wildman–Crippen MR) is 103 cm³/mol. The van der Waals surface area contributed by atoms with Gasteiger partial charge < -0.3 is 5.32 Å². The molecule has 0 bridgehead atoms. The van der Waals surface area contributed by atoms with Crippen LogP contribution in [-0.2, 0) is 4.79 Å². The number of fused-ring (bicyclic) bond motifs is 1. The molecule has 1 fully saturated rings. The second-order valence-corrected chi connectivity index (χ2v) is 7.77. The molecule has 3 amide bonds. The number of imide groups is 1. The van der Waals surface area contributed by atoms with Crippen molar-refractivity contribution in [1.82, 2.24) is 15.1 Å². The SMILES string of the molecule is CC(C)C(CNC(=O)CCN1C(=O)c2ccccc2C1=O)N1CCCCC1. The minimum atomic E-state index is -0.309. The van der Waals surface area contributed by atoms with Crippen LogP contribution in [0.4, 0.5) is 0 Å². The lowest BCUT2D eigenvalue weighted by Crippen LogP contribution is -2.49. The van der Waals surface area contributed by atoms with Gasteiger partial charge in [-0.15, -0.1) is 0 Å². The fourth-order valence-electron chi connectivity index (χ4n) is 4.00. The van der Waals surface area contributed by atoms with Crippen molar-refractivity contribution in [3.63, 3.8) is 0 Å². The van der Waals surface area contributed by atoms with Gasteiger partial charge in [0, 0.05) is 25.6 Å².